The maximum Gasteiger partial charge on any atom is 0.307 e. The van der Waals surface area contributed by atoms with Crippen LogP contribution in [0.5, 0.6) is 0 Å². The van der Waals surface area contributed by atoms with Crippen molar-refractivity contribution in [2.45, 2.75) is 17.7 Å². The van der Waals surface area contributed by atoms with Crippen LogP contribution in [0.4, 0.5) is 0 Å². The Morgan fingerprint density at radius 3 is 2.55 bits per heavy atom. The van der Waals surface area contributed by atoms with Crippen molar-refractivity contribution in [3.63, 3.8) is 0 Å². The Bertz CT molecular complexity index is 1090. The van der Waals surface area contributed by atoms with Gasteiger partial charge in [0.2, 0.25) is 0 Å². The van der Waals surface area contributed by atoms with E-state index in [9.17, 15) is 18.0 Å². The van der Waals surface area contributed by atoms with E-state index in [2.05, 4.69) is 15.5 Å². The molecule has 2 aromatic carbocycles. The number of nitrogens with one attached hydrogen (secondary N) is 2. The molecular formula is C20H21N3O5S. The fourth-order valence-corrected chi connectivity index (χ4v) is 4.06. The number of amides is 1. The second kappa shape index (κ2) is 9.33. The average molecular weight is 415 g/mol. The van der Waals surface area contributed by atoms with Gasteiger partial charge in [0.05, 0.1) is 29.2 Å². The van der Waals surface area contributed by atoms with Crippen LogP contribution in [-0.2, 0) is 19.4 Å². The molecule has 0 saturated heterocycles. The number of para-hydroxylation sites is 1. The first-order chi connectivity index (χ1) is 14.0. The van der Waals surface area contributed by atoms with Crippen LogP contribution in [0.3, 0.4) is 0 Å². The molecule has 1 aromatic heterocycles. The van der Waals surface area contributed by atoms with Crippen LogP contribution < -0.4 is 5.32 Å². The van der Waals surface area contributed by atoms with Gasteiger partial charge in [-0.15, -0.1) is 0 Å². The van der Waals surface area contributed by atoms with Gasteiger partial charge in [-0.3, -0.25) is 14.7 Å². The molecule has 0 atom stereocenters. The first-order valence-electron chi connectivity index (χ1n) is 9.12. The molecule has 0 fully saturated rings. The molecule has 0 bridgehead atoms. The van der Waals surface area contributed by atoms with E-state index in [1.807, 2.05) is 18.2 Å². The number of aromatic nitrogens is 2. The van der Waals surface area contributed by atoms with Crippen molar-refractivity contribution < 1.29 is 22.7 Å². The summed E-state index contributed by atoms with van der Waals surface area (Å²) in [5.74, 6) is -0.994. The van der Waals surface area contributed by atoms with Gasteiger partial charge >= 0.3 is 5.97 Å². The number of carbonyl (C=O) groups excluding carboxylic acids is 2. The molecule has 29 heavy (non-hydrogen) atoms. The Hall–Kier alpha value is -3.20. The van der Waals surface area contributed by atoms with Gasteiger partial charge in [0.1, 0.15) is 0 Å². The molecule has 0 aliphatic carbocycles. The molecule has 152 valence electrons. The summed E-state index contributed by atoms with van der Waals surface area (Å²) in [6, 6.07) is 15.4. The summed E-state index contributed by atoms with van der Waals surface area (Å²) in [4.78, 5) is 24.2. The van der Waals surface area contributed by atoms with Gasteiger partial charge in [-0.05, 0) is 24.6 Å². The number of benzene rings is 2. The molecule has 3 rings (SSSR count). The maximum absolute atomic E-state index is 12.2. The third-order valence-corrected chi connectivity index (χ3v) is 6.04. The number of esters is 1. The largest absolute Gasteiger partial charge is 0.466 e. The van der Waals surface area contributed by atoms with E-state index in [0.717, 1.165) is 5.52 Å². The molecule has 0 radical (unpaired) electrons. The number of hydrogen-bond donors (Lipinski definition) is 2. The molecule has 0 unspecified atom stereocenters. The molecule has 0 spiro atoms. The van der Waals surface area contributed by atoms with Crippen LogP contribution in [0.2, 0.25) is 0 Å². The standard InChI is InChI=1S/C20H21N3O5S/c24-18(28-13-6-14-29(26,27)15-7-2-1-3-8-15)11-12-21-20(25)19-16-9-4-5-10-17(16)22-23-19/h1-5,7-10H,6,11-14H2,(H,21,25)(H,22,23). The van der Waals surface area contributed by atoms with Gasteiger partial charge in [0, 0.05) is 11.9 Å². The van der Waals surface area contributed by atoms with Crippen molar-refractivity contribution in [2.75, 3.05) is 18.9 Å². The summed E-state index contributed by atoms with van der Waals surface area (Å²) in [7, 11) is -3.39. The van der Waals surface area contributed by atoms with Gasteiger partial charge in [-0.2, -0.15) is 5.10 Å². The zero-order chi connectivity index (χ0) is 20.7. The molecule has 0 saturated carbocycles. The molecule has 9 heteroatoms. The van der Waals surface area contributed by atoms with Gasteiger partial charge in [-0.1, -0.05) is 36.4 Å². The van der Waals surface area contributed by atoms with Crippen LogP contribution in [0.25, 0.3) is 10.9 Å². The molecule has 0 aliphatic rings. The van der Waals surface area contributed by atoms with Crippen LogP contribution in [0.1, 0.15) is 23.3 Å². The third-order valence-electron chi connectivity index (χ3n) is 4.22. The van der Waals surface area contributed by atoms with Gasteiger partial charge in [-0.25, -0.2) is 8.42 Å². The highest BCUT2D eigenvalue weighted by molar-refractivity contribution is 7.91. The second-order valence-electron chi connectivity index (χ2n) is 6.33. The van der Waals surface area contributed by atoms with Gasteiger partial charge < -0.3 is 10.1 Å². The number of H-pyrrole nitrogens is 1. The quantitative estimate of drug-likeness (QED) is 0.408. The third kappa shape index (κ3) is 5.41. The van der Waals surface area contributed by atoms with Crippen LogP contribution >= 0.6 is 0 Å². The minimum atomic E-state index is -3.39. The summed E-state index contributed by atoms with van der Waals surface area (Å²) in [5.41, 5.74) is 1.02. The maximum atomic E-state index is 12.2. The van der Waals surface area contributed by atoms with Crippen molar-refractivity contribution in [1.82, 2.24) is 15.5 Å². The van der Waals surface area contributed by atoms with Crippen molar-refractivity contribution in [3.05, 3.63) is 60.3 Å². The lowest BCUT2D eigenvalue weighted by atomic mass is 10.2. The molecule has 0 aliphatic heterocycles. The normalized spacial score (nSPS) is 11.3. The van der Waals surface area contributed by atoms with Crippen LogP contribution in [0.15, 0.2) is 59.5 Å². The van der Waals surface area contributed by atoms with E-state index in [4.69, 9.17) is 4.74 Å². The number of ether oxygens (including phenoxy) is 1. The summed E-state index contributed by atoms with van der Waals surface area (Å²) in [6.07, 6.45) is 0.189. The minimum absolute atomic E-state index is 0.00282. The van der Waals surface area contributed by atoms with Crippen molar-refractivity contribution in [2.24, 2.45) is 0 Å². The predicted molar refractivity (Wildman–Crippen MR) is 107 cm³/mol. The average Bonchev–Trinajstić information content (AvgIpc) is 3.16. The minimum Gasteiger partial charge on any atom is -0.466 e. The summed E-state index contributed by atoms with van der Waals surface area (Å²) in [5, 5.41) is 10.1. The number of fused-ring (bicyclic) bond motifs is 1. The zero-order valence-electron chi connectivity index (χ0n) is 15.6. The Labute approximate surface area is 168 Å². The molecular weight excluding hydrogens is 394 g/mol. The number of hydrogen-bond acceptors (Lipinski definition) is 6. The highest BCUT2D eigenvalue weighted by atomic mass is 32.2. The molecule has 3 aromatic rings. The number of rotatable bonds is 9. The number of nitrogens with zero attached hydrogens (tertiary/aromatic N) is 1. The fraction of sp³-hybridized carbons (Fsp3) is 0.250. The Morgan fingerprint density at radius 2 is 1.76 bits per heavy atom. The van der Waals surface area contributed by atoms with Gasteiger partial charge in [0.15, 0.2) is 15.5 Å². The van der Waals surface area contributed by atoms with E-state index in [1.165, 1.54) is 12.1 Å². The van der Waals surface area contributed by atoms with E-state index in [-0.39, 0.29) is 48.2 Å². The fourth-order valence-electron chi connectivity index (χ4n) is 2.75. The highest BCUT2D eigenvalue weighted by Gasteiger charge is 2.15. The van der Waals surface area contributed by atoms with Crippen molar-refractivity contribution in [3.8, 4) is 0 Å². The van der Waals surface area contributed by atoms with E-state index < -0.39 is 15.8 Å². The Balaban J connectivity index is 1.37. The monoisotopic (exact) mass is 415 g/mol. The van der Waals surface area contributed by atoms with Crippen molar-refractivity contribution in [1.29, 1.82) is 0 Å². The SMILES string of the molecule is O=C(CCNC(=O)c1n[nH]c2ccccc12)OCCCS(=O)(=O)c1ccccc1. The lowest BCUT2D eigenvalue weighted by molar-refractivity contribution is -0.143. The summed E-state index contributed by atoms with van der Waals surface area (Å²) < 4.78 is 29.3. The zero-order valence-corrected chi connectivity index (χ0v) is 16.4. The van der Waals surface area contributed by atoms with E-state index in [1.54, 1.807) is 24.3 Å². The Kier molecular flexibility index (Phi) is 6.61. The summed E-state index contributed by atoms with van der Waals surface area (Å²) >= 11 is 0. The smallest absolute Gasteiger partial charge is 0.307 e. The van der Waals surface area contributed by atoms with Crippen LogP contribution in [0, 0.1) is 0 Å². The molecule has 8 nitrogen and oxygen atoms in total. The first kappa shape index (κ1) is 20.5. The number of aromatic amines is 1. The number of sulfone groups is 1. The van der Waals surface area contributed by atoms with Crippen LogP contribution in [-0.4, -0.2) is 49.4 Å². The summed E-state index contributed by atoms with van der Waals surface area (Å²) in [6.45, 7) is 0.101. The predicted octanol–water partition coefficient (Wildman–Crippen LogP) is 2.09. The van der Waals surface area contributed by atoms with Crippen molar-refractivity contribution >= 4 is 32.6 Å². The molecule has 1 heterocycles. The number of carbonyl (C=O) groups is 2. The second-order valence-corrected chi connectivity index (χ2v) is 8.44. The van der Waals surface area contributed by atoms with E-state index >= 15 is 0 Å². The Morgan fingerprint density at radius 1 is 1.03 bits per heavy atom. The molecule has 2 N–H and O–H groups in total. The topological polar surface area (TPSA) is 118 Å². The highest BCUT2D eigenvalue weighted by Crippen LogP contribution is 2.14. The molecule has 1 amide bonds. The van der Waals surface area contributed by atoms with E-state index in [0.29, 0.717) is 5.39 Å². The van der Waals surface area contributed by atoms with Gasteiger partial charge in [0.25, 0.3) is 5.91 Å². The first-order valence-corrected chi connectivity index (χ1v) is 10.8. The lowest BCUT2D eigenvalue weighted by Gasteiger charge is -2.07. The lowest BCUT2D eigenvalue weighted by Crippen LogP contribution is -2.27.